The molecule has 0 bridgehead atoms. The van der Waals surface area contributed by atoms with Crippen LogP contribution in [0.3, 0.4) is 0 Å². The van der Waals surface area contributed by atoms with Crippen LogP contribution in [0.5, 0.6) is 0 Å². The zero-order chi connectivity index (χ0) is 30.8. The molecule has 10 nitrogen and oxygen atoms in total. The van der Waals surface area contributed by atoms with Crippen molar-refractivity contribution >= 4 is 34.4 Å². The van der Waals surface area contributed by atoms with Crippen LogP contribution in [0.4, 0.5) is 21.6 Å². The highest BCUT2D eigenvalue weighted by atomic mass is 32.1. The number of fused-ring (bicyclic) bond motifs is 4. The van der Waals surface area contributed by atoms with Crippen LogP contribution in [0, 0.1) is 12.7 Å². The average molecular weight is 631 g/mol. The Hall–Kier alpha value is -3.84. The van der Waals surface area contributed by atoms with Gasteiger partial charge in [-0.1, -0.05) is 0 Å². The molecule has 0 spiro atoms. The highest BCUT2D eigenvalue weighted by molar-refractivity contribution is 7.14. The van der Waals surface area contributed by atoms with Gasteiger partial charge in [-0.2, -0.15) is 5.10 Å². The number of aliphatic hydroxyl groups excluding tert-OH is 1. The molecule has 1 aliphatic carbocycles. The Bertz CT molecular complexity index is 1890. The highest BCUT2D eigenvalue weighted by Crippen LogP contribution is 2.41. The standard InChI is InChI=1S/C33H35FN6O4S/c1-18-24(13-27(32(42)35-18)36-30-12-20-14-38(21-16-44-17-21)8-9-40(20)37-30)25-10-19(34)11-28(26(25)15-41)39-7-6-23-22-4-2-3-5-29(22)45-31(23)33(39)43/h10-13,21,41H,2-9,14-17H2,1H3,(H,35,42)(H,36,37). The number of carbonyl (C=O) groups excluding carboxylic acids is 1. The number of nitrogens with zero attached hydrogens (tertiary/aromatic N) is 4. The summed E-state index contributed by atoms with van der Waals surface area (Å²) in [6.45, 7) is 5.66. The first-order chi connectivity index (χ1) is 21.9. The number of aliphatic hydroxyl groups is 1. The van der Waals surface area contributed by atoms with Crippen molar-refractivity contribution in [2.75, 3.05) is 36.5 Å². The molecule has 0 radical (unpaired) electrons. The minimum Gasteiger partial charge on any atom is -0.392 e. The number of benzene rings is 1. The molecular weight excluding hydrogens is 595 g/mol. The number of ether oxygens (including phenoxy) is 1. The summed E-state index contributed by atoms with van der Waals surface area (Å²) in [5, 5.41) is 18.5. The molecule has 234 valence electrons. The number of aromatic nitrogens is 3. The van der Waals surface area contributed by atoms with E-state index in [1.165, 1.54) is 22.6 Å². The number of hydrogen-bond donors (Lipinski definition) is 3. The third-order valence-electron chi connectivity index (χ3n) is 9.70. The van der Waals surface area contributed by atoms with Crippen molar-refractivity contribution in [2.45, 2.75) is 64.8 Å². The van der Waals surface area contributed by atoms with E-state index in [-0.39, 0.29) is 17.2 Å². The Labute approximate surface area is 263 Å². The molecule has 3 aromatic heterocycles. The smallest absolute Gasteiger partial charge is 0.271 e. The third-order valence-corrected chi connectivity index (χ3v) is 11.0. The lowest BCUT2D eigenvalue weighted by Crippen LogP contribution is -2.51. The van der Waals surface area contributed by atoms with Gasteiger partial charge in [-0.05, 0) is 73.9 Å². The van der Waals surface area contributed by atoms with Gasteiger partial charge < -0.3 is 25.0 Å². The number of pyridine rings is 1. The number of rotatable bonds is 6. The first-order valence-corrected chi connectivity index (χ1v) is 16.5. The maximum Gasteiger partial charge on any atom is 0.271 e. The molecule has 1 amide bonds. The Morgan fingerprint density at radius 3 is 2.71 bits per heavy atom. The first-order valence-electron chi connectivity index (χ1n) is 15.7. The molecule has 3 aliphatic heterocycles. The van der Waals surface area contributed by atoms with Gasteiger partial charge in [-0.25, -0.2) is 4.39 Å². The number of thiophene rings is 1. The number of halogens is 1. The minimum atomic E-state index is -0.524. The van der Waals surface area contributed by atoms with Gasteiger partial charge in [0.15, 0.2) is 5.82 Å². The van der Waals surface area contributed by atoms with Gasteiger partial charge in [-0.3, -0.25) is 19.2 Å². The summed E-state index contributed by atoms with van der Waals surface area (Å²) in [4.78, 5) is 35.9. The van der Waals surface area contributed by atoms with Gasteiger partial charge in [0.2, 0.25) is 0 Å². The molecule has 1 fully saturated rings. The Kier molecular flexibility index (Phi) is 7.12. The van der Waals surface area contributed by atoms with Gasteiger partial charge in [0.1, 0.15) is 11.5 Å². The van der Waals surface area contributed by atoms with E-state index in [0.29, 0.717) is 52.9 Å². The van der Waals surface area contributed by atoms with Crippen molar-refractivity contribution < 1.29 is 19.0 Å². The summed E-state index contributed by atoms with van der Waals surface area (Å²) in [5.74, 6) is -0.119. The van der Waals surface area contributed by atoms with Crippen molar-refractivity contribution in [2.24, 2.45) is 0 Å². The lowest BCUT2D eigenvalue weighted by molar-refractivity contribution is -0.0735. The molecule has 1 saturated heterocycles. The fraction of sp³-hybridized carbons (Fsp3) is 0.424. The number of anilines is 3. The Morgan fingerprint density at radius 1 is 1.07 bits per heavy atom. The van der Waals surface area contributed by atoms with Crippen LogP contribution in [0.25, 0.3) is 11.1 Å². The van der Waals surface area contributed by atoms with Crippen LogP contribution >= 0.6 is 11.3 Å². The SMILES string of the molecule is Cc1[nH]c(=O)c(Nc2cc3n(n2)CCN(C2COC2)C3)cc1-c1cc(F)cc(N2CCc3c(sc4c3CCCC4)C2=O)c1CO. The van der Waals surface area contributed by atoms with Crippen LogP contribution in [-0.2, 0) is 43.7 Å². The second-order valence-electron chi connectivity index (χ2n) is 12.4. The average Bonchev–Trinajstić information content (AvgIpc) is 3.58. The van der Waals surface area contributed by atoms with Crippen LogP contribution < -0.4 is 15.8 Å². The van der Waals surface area contributed by atoms with Crippen molar-refractivity contribution in [3.8, 4) is 11.1 Å². The number of H-pyrrole nitrogens is 1. The van der Waals surface area contributed by atoms with Crippen molar-refractivity contribution in [3.63, 3.8) is 0 Å². The van der Waals surface area contributed by atoms with E-state index in [9.17, 15) is 14.7 Å². The number of aromatic amines is 1. The number of nitrogens with one attached hydrogen (secondary N) is 2. The number of hydrogen-bond acceptors (Lipinski definition) is 8. The highest BCUT2D eigenvalue weighted by Gasteiger charge is 2.34. The molecule has 0 atom stereocenters. The van der Waals surface area contributed by atoms with Gasteiger partial charge in [0, 0.05) is 47.4 Å². The summed E-state index contributed by atoms with van der Waals surface area (Å²) in [5.41, 5.74) is 5.77. The van der Waals surface area contributed by atoms with E-state index in [0.717, 1.165) is 74.7 Å². The topological polar surface area (TPSA) is 116 Å². The normalized spacial score (nSPS) is 18.4. The maximum absolute atomic E-state index is 15.4. The lowest BCUT2D eigenvalue weighted by atomic mass is 9.91. The molecule has 1 aromatic carbocycles. The zero-order valence-electron chi connectivity index (χ0n) is 25.1. The fourth-order valence-corrected chi connectivity index (χ4v) is 8.63. The summed E-state index contributed by atoms with van der Waals surface area (Å²) < 4.78 is 22.7. The molecule has 45 heavy (non-hydrogen) atoms. The summed E-state index contributed by atoms with van der Waals surface area (Å²) in [7, 11) is 0. The molecule has 6 heterocycles. The van der Waals surface area contributed by atoms with Gasteiger partial charge in [-0.15, -0.1) is 11.3 Å². The third kappa shape index (κ3) is 4.91. The molecule has 0 saturated carbocycles. The zero-order valence-corrected chi connectivity index (χ0v) is 25.9. The van der Waals surface area contributed by atoms with Gasteiger partial charge in [0.05, 0.1) is 48.7 Å². The largest absolute Gasteiger partial charge is 0.392 e. The van der Waals surface area contributed by atoms with Crippen LogP contribution in [0.1, 0.15) is 55.5 Å². The number of carbonyl (C=O) groups is 1. The maximum atomic E-state index is 15.4. The summed E-state index contributed by atoms with van der Waals surface area (Å²) in [6, 6.07) is 6.74. The molecule has 8 rings (SSSR count). The molecule has 4 aliphatic rings. The van der Waals surface area contributed by atoms with E-state index >= 15 is 4.39 Å². The second kappa shape index (κ2) is 11.2. The molecule has 0 unspecified atom stereocenters. The van der Waals surface area contributed by atoms with E-state index < -0.39 is 12.4 Å². The van der Waals surface area contributed by atoms with Crippen LogP contribution in [0.2, 0.25) is 0 Å². The predicted molar refractivity (Wildman–Crippen MR) is 170 cm³/mol. The Morgan fingerprint density at radius 2 is 1.91 bits per heavy atom. The van der Waals surface area contributed by atoms with E-state index in [2.05, 4.69) is 20.3 Å². The molecule has 12 heteroatoms. The number of amides is 1. The fourth-order valence-electron chi connectivity index (χ4n) is 7.24. The minimum absolute atomic E-state index is 0.144. The van der Waals surface area contributed by atoms with Crippen molar-refractivity contribution in [1.82, 2.24) is 19.7 Å². The van der Waals surface area contributed by atoms with E-state index in [1.54, 1.807) is 29.2 Å². The molecule has 3 N–H and O–H groups in total. The predicted octanol–water partition coefficient (Wildman–Crippen LogP) is 4.28. The quantitative estimate of drug-likeness (QED) is 0.291. The molecular formula is C33H35FN6O4S. The first kappa shape index (κ1) is 28.6. The van der Waals surface area contributed by atoms with E-state index in [1.807, 2.05) is 10.7 Å². The van der Waals surface area contributed by atoms with Crippen molar-refractivity contribution in [3.05, 3.63) is 78.3 Å². The summed E-state index contributed by atoms with van der Waals surface area (Å²) in [6.07, 6.45) is 5.00. The number of aryl methyl sites for hydroxylation is 2. The molecule has 4 aromatic rings. The van der Waals surface area contributed by atoms with Gasteiger partial charge in [0.25, 0.3) is 11.5 Å². The Balaban J connectivity index is 1.13. The monoisotopic (exact) mass is 630 g/mol. The summed E-state index contributed by atoms with van der Waals surface area (Å²) >= 11 is 1.57. The van der Waals surface area contributed by atoms with E-state index in [4.69, 9.17) is 4.74 Å². The van der Waals surface area contributed by atoms with Crippen LogP contribution in [-0.4, -0.2) is 63.0 Å². The van der Waals surface area contributed by atoms with Crippen LogP contribution in [0.15, 0.2) is 29.1 Å². The van der Waals surface area contributed by atoms with Gasteiger partial charge >= 0.3 is 0 Å². The second-order valence-corrected chi connectivity index (χ2v) is 13.5. The van der Waals surface area contributed by atoms with Crippen molar-refractivity contribution in [1.29, 1.82) is 0 Å². The lowest BCUT2D eigenvalue weighted by Gasteiger charge is -2.39.